The van der Waals surface area contributed by atoms with Gasteiger partial charge in [0.15, 0.2) is 12.4 Å². The molecule has 0 spiro atoms. The smallest absolute Gasteiger partial charge is 0.412 e. The minimum absolute atomic E-state index is 0.184. The average Bonchev–Trinajstić information content (AvgIpc) is 3.83. The molecule has 2 saturated heterocycles. The summed E-state index contributed by atoms with van der Waals surface area (Å²) < 4.78 is 32.1. The number of aliphatic hydroxyl groups is 4. The average molecular weight is 905 g/mol. The van der Waals surface area contributed by atoms with Crippen LogP contribution in [0.25, 0.3) is 0 Å². The van der Waals surface area contributed by atoms with Crippen molar-refractivity contribution in [2.24, 2.45) is 15.9 Å². The Labute approximate surface area is 368 Å². The number of rotatable bonds is 12. The summed E-state index contributed by atoms with van der Waals surface area (Å²) in [4.78, 5) is 58.9. The van der Waals surface area contributed by atoms with E-state index in [1.54, 1.807) is 23.5 Å². The van der Waals surface area contributed by atoms with Gasteiger partial charge in [-0.1, -0.05) is 20.8 Å². The highest BCUT2D eigenvalue weighted by Crippen LogP contribution is 2.33. The van der Waals surface area contributed by atoms with Crippen molar-refractivity contribution in [3.05, 3.63) is 47.5 Å². The lowest BCUT2D eigenvalue weighted by molar-refractivity contribution is -0.286. The Morgan fingerprint density at radius 3 is 1.66 bits per heavy atom. The van der Waals surface area contributed by atoms with E-state index in [0.29, 0.717) is 24.5 Å². The number of alkyl carbamates (subject to hydrolysis) is 2. The third kappa shape index (κ3) is 13.4. The van der Waals surface area contributed by atoms with Gasteiger partial charge < -0.3 is 48.8 Å². The minimum atomic E-state index is -1.68. The molecule has 0 saturated carbocycles. The Kier molecular flexibility index (Phi) is 18.0. The number of ether oxygens (including phenoxy) is 6. The first kappa shape index (κ1) is 48.7. The lowest BCUT2D eigenvalue weighted by atomic mass is 9.88. The fraction of sp³-hybridized carbons (Fsp3) is 0.571. The Balaban J connectivity index is 0.000000238. The minimum Gasteiger partial charge on any atom is -0.458 e. The molecule has 4 aliphatic rings. The summed E-state index contributed by atoms with van der Waals surface area (Å²) in [6.45, 7) is 9.90. The first-order valence-electron chi connectivity index (χ1n) is 20.5. The van der Waals surface area contributed by atoms with Crippen LogP contribution in [-0.4, -0.2) is 136 Å². The number of nitrogens with one attached hydrogen (secondary N) is 2. The standard InChI is InChI=1S/C24H32N2O7S.C18H24N2O7S/c1-6-9-34-18-7-8-19-17(10-18)11-21(25-19)26-24(29)30-12-20-23(33-16(5)28)22(32-15(4)27)13(2)14(3)31-20;1-2-5-28-10-3-4-11-9(6-10)7-13(19-11)20-18(25)26-8-12-14(21)15(22)16(23)17(24)27-12/h7-8,10,13-14,20,22-23H,6,9,11-12H2,1-5H3,(H,25,26,29);3-4,6,12,14-17,21-24H,2,5,7-8H2,1H3,(H,19,20,25). The summed E-state index contributed by atoms with van der Waals surface area (Å²) in [5.74, 6) is 1.77. The molecule has 20 heteroatoms. The van der Waals surface area contributed by atoms with Gasteiger partial charge in [0.2, 0.25) is 0 Å². The van der Waals surface area contributed by atoms with Crippen LogP contribution in [0, 0.1) is 5.92 Å². The maximum Gasteiger partial charge on any atom is 0.412 e. The van der Waals surface area contributed by atoms with Gasteiger partial charge in [0.1, 0.15) is 61.5 Å². The van der Waals surface area contributed by atoms with Gasteiger partial charge in [-0.3, -0.25) is 20.2 Å². The van der Waals surface area contributed by atoms with Crippen molar-refractivity contribution in [3.8, 4) is 0 Å². The van der Waals surface area contributed by atoms with Crippen molar-refractivity contribution >= 4 is 70.7 Å². The largest absolute Gasteiger partial charge is 0.458 e. The molecule has 10 unspecified atom stereocenters. The SMILES string of the molecule is CCCSc1ccc2c(c1)CC(NC(=O)OCC1OC(C)C(C)C(OC(C)=O)C1OC(C)=O)=N2.CCCSc1ccc2c(c1)CC(NC(=O)OCC1OC(O)C(O)C(O)C1O)=N2. The fourth-order valence-corrected chi connectivity index (χ4v) is 8.56. The predicted octanol–water partition coefficient (Wildman–Crippen LogP) is 4.09. The fourth-order valence-electron chi connectivity index (χ4n) is 6.90. The van der Waals surface area contributed by atoms with E-state index in [9.17, 15) is 39.6 Å². The molecular weight excluding hydrogens is 849 g/mol. The number of amidine groups is 2. The number of hydrogen-bond acceptors (Lipinski definition) is 18. The van der Waals surface area contributed by atoms with Crippen LogP contribution < -0.4 is 10.6 Å². The second kappa shape index (κ2) is 22.9. The lowest BCUT2D eigenvalue weighted by Crippen LogP contribution is -2.58. The lowest BCUT2D eigenvalue weighted by Gasteiger charge is -2.43. The monoisotopic (exact) mass is 904 g/mol. The Morgan fingerprint density at radius 1 is 0.694 bits per heavy atom. The first-order chi connectivity index (χ1) is 29.6. The van der Waals surface area contributed by atoms with E-state index in [4.69, 9.17) is 28.4 Å². The Hall–Kier alpha value is -4.28. The van der Waals surface area contributed by atoms with Crippen LogP contribution in [0.15, 0.2) is 56.2 Å². The van der Waals surface area contributed by atoms with Crippen LogP contribution in [0.5, 0.6) is 0 Å². The highest BCUT2D eigenvalue weighted by atomic mass is 32.2. The van der Waals surface area contributed by atoms with Gasteiger partial charge in [0, 0.05) is 42.4 Å². The molecule has 62 heavy (non-hydrogen) atoms. The molecule has 6 rings (SSSR count). The summed E-state index contributed by atoms with van der Waals surface area (Å²) >= 11 is 3.56. The van der Waals surface area contributed by atoms with Gasteiger partial charge in [0.25, 0.3) is 0 Å². The molecule has 18 nitrogen and oxygen atoms in total. The van der Waals surface area contributed by atoms with E-state index >= 15 is 0 Å². The van der Waals surface area contributed by atoms with E-state index in [2.05, 4.69) is 46.6 Å². The zero-order valence-corrected chi connectivity index (χ0v) is 37.1. The summed E-state index contributed by atoms with van der Waals surface area (Å²) in [5, 5.41) is 43.6. The Morgan fingerprint density at radius 2 is 1.18 bits per heavy atom. The molecule has 0 aromatic heterocycles. The molecule has 2 aromatic rings. The first-order valence-corrected chi connectivity index (χ1v) is 22.5. The molecule has 2 aromatic carbocycles. The van der Waals surface area contributed by atoms with Gasteiger partial charge in [0.05, 0.1) is 17.5 Å². The number of nitrogens with zero attached hydrogens (tertiary/aromatic N) is 2. The number of amides is 2. The van der Waals surface area contributed by atoms with E-state index in [1.165, 1.54) is 18.7 Å². The topological polar surface area (TPSA) is 253 Å². The molecule has 2 fully saturated rings. The van der Waals surface area contributed by atoms with Crippen LogP contribution in [0.4, 0.5) is 21.0 Å². The normalized spacial score (nSPS) is 27.3. The van der Waals surface area contributed by atoms with Gasteiger partial charge in [-0.05, 0) is 78.8 Å². The van der Waals surface area contributed by atoms with Crippen LogP contribution in [0.1, 0.15) is 65.5 Å². The number of fused-ring (bicyclic) bond motifs is 2. The van der Waals surface area contributed by atoms with Crippen LogP contribution in [0.2, 0.25) is 0 Å². The van der Waals surface area contributed by atoms with Crippen LogP contribution in [-0.2, 0) is 50.9 Å². The van der Waals surface area contributed by atoms with Crippen molar-refractivity contribution in [1.29, 1.82) is 0 Å². The van der Waals surface area contributed by atoms with E-state index < -0.39 is 79.7 Å². The number of carbonyl (C=O) groups is 4. The van der Waals surface area contributed by atoms with Crippen LogP contribution in [0.3, 0.4) is 0 Å². The second-order valence-corrected chi connectivity index (χ2v) is 17.5. The maximum absolute atomic E-state index is 12.5. The summed E-state index contributed by atoms with van der Waals surface area (Å²) in [6, 6.07) is 12.0. The number of esters is 2. The maximum atomic E-state index is 12.5. The molecule has 10 atom stereocenters. The summed E-state index contributed by atoms with van der Waals surface area (Å²) in [6.07, 6.45) is -8.60. The zero-order chi connectivity index (χ0) is 45.1. The highest BCUT2D eigenvalue weighted by Gasteiger charge is 2.47. The number of carbonyl (C=O) groups excluding carboxylic acids is 4. The molecule has 2 amide bonds. The van der Waals surface area contributed by atoms with E-state index in [1.807, 2.05) is 38.1 Å². The number of thioether (sulfide) groups is 2. The summed E-state index contributed by atoms with van der Waals surface area (Å²) in [7, 11) is 0. The number of benzene rings is 2. The molecule has 0 aliphatic carbocycles. The zero-order valence-electron chi connectivity index (χ0n) is 35.5. The van der Waals surface area contributed by atoms with E-state index in [0.717, 1.165) is 51.7 Å². The molecular formula is C42H56N4O14S2. The van der Waals surface area contributed by atoms with Crippen LogP contribution >= 0.6 is 23.5 Å². The van der Waals surface area contributed by atoms with E-state index in [-0.39, 0.29) is 18.6 Å². The molecule has 0 bridgehead atoms. The van der Waals surface area contributed by atoms with Gasteiger partial charge >= 0.3 is 24.1 Å². The molecule has 340 valence electrons. The van der Waals surface area contributed by atoms with Crippen molar-refractivity contribution in [3.63, 3.8) is 0 Å². The van der Waals surface area contributed by atoms with Gasteiger partial charge in [-0.2, -0.15) is 0 Å². The van der Waals surface area contributed by atoms with Crippen molar-refractivity contribution < 1.29 is 68.0 Å². The number of aliphatic imine (C=N–C) groups is 2. The molecule has 6 N–H and O–H groups in total. The predicted molar refractivity (Wildman–Crippen MR) is 229 cm³/mol. The van der Waals surface area contributed by atoms with Crippen molar-refractivity contribution in [1.82, 2.24) is 10.6 Å². The van der Waals surface area contributed by atoms with Gasteiger partial charge in [-0.15, -0.1) is 23.5 Å². The Bertz CT molecular complexity index is 1970. The molecule has 4 aliphatic heterocycles. The second-order valence-electron chi connectivity index (χ2n) is 15.1. The number of hydrogen-bond donors (Lipinski definition) is 6. The molecule has 4 heterocycles. The third-order valence-corrected chi connectivity index (χ3v) is 12.6. The van der Waals surface area contributed by atoms with Gasteiger partial charge in [-0.25, -0.2) is 19.6 Å². The number of aliphatic hydroxyl groups excluding tert-OH is 4. The van der Waals surface area contributed by atoms with Crippen molar-refractivity contribution in [2.45, 2.75) is 132 Å². The third-order valence-electron chi connectivity index (χ3n) is 10.2. The van der Waals surface area contributed by atoms with Crippen molar-refractivity contribution in [2.75, 3.05) is 24.7 Å². The quantitative estimate of drug-likeness (QED) is 0.0997. The summed E-state index contributed by atoms with van der Waals surface area (Å²) in [5.41, 5.74) is 3.69. The molecule has 0 radical (unpaired) electrons. The highest BCUT2D eigenvalue weighted by molar-refractivity contribution is 7.99.